The molecular weight excluding hydrogens is 292 g/mol. The topological polar surface area (TPSA) is 70.5 Å². The smallest absolute Gasteiger partial charge is 0.209 e. The van der Waals surface area contributed by atoms with Gasteiger partial charge in [0.1, 0.15) is 5.75 Å². The largest absolute Gasteiger partial charge is 0.481 e. The van der Waals surface area contributed by atoms with Crippen molar-refractivity contribution in [2.45, 2.75) is 70.4 Å². The average Bonchev–Trinajstić information content (AvgIpc) is 2.80. The molecule has 0 spiro atoms. The lowest BCUT2D eigenvalue weighted by atomic mass is 9.82. The highest BCUT2D eigenvalue weighted by Crippen LogP contribution is 2.45. The molecule has 124 valence electrons. The molecule has 0 radical (unpaired) electrons. The van der Waals surface area contributed by atoms with E-state index in [0.717, 1.165) is 24.2 Å². The molecule has 1 aromatic carbocycles. The van der Waals surface area contributed by atoms with Crippen LogP contribution in [0.3, 0.4) is 0 Å². The molecule has 1 saturated heterocycles. The lowest BCUT2D eigenvalue weighted by Crippen LogP contribution is -2.58. The Morgan fingerprint density at radius 1 is 1.22 bits per heavy atom. The Hall–Kier alpha value is -1.75. The van der Waals surface area contributed by atoms with Gasteiger partial charge >= 0.3 is 0 Å². The van der Waals surface area contributed by atoms with Crippen molar-refractivity contribution >= 4 is 0 Å². The van der Waals surface area contributed by atoms with E-state index < -0.39 is 12.3 Å². The van der Waals surface area contributed by atoms with Crippen LogP contribution in [0, 0.1) is 0 Å². The first-order valence-electron chi connectivity index (χ1n) is 8.12. The summed E-state index contributed by atoms with van der Waals surface area (Å²) in [6.45, 7) is 8.77. The summed E-state index contributed by atoms with van der Waals surface area (Å²) >= 11 is 0. The number of fused-ring (bicyclic) bond motifs is 1. The second kappa shape index (κ2) is 5.71. The number of para-hydroxylation sites is 1. The average molecular weight is 316 g/mol. The summed E-state index contributed by atoms with van der Waals surface area (Å²) in [4.78, 5) is 9.34. The van der Waals surface area contributed by atoms with E-state index in [9.17, 15) is 0 Å². The number of hydrogen-bond acceptors (Lipinski definition) is 4. The normalized spacial score (nSPS) is 28.5. The van der Waals surface area contributed by atoms with E-state index in [1.807, 2.05) is 24.3 Å². The summed E-state index contributed by atoms with van der Waals surface area (Å²) in [5, 5.41) is 5.87. The van der Waals surface area contributed by atoms with Gasteiger partial charge in [0.15, 0.2) is 6.10 Å². The quantitative estimate of drug-likeness (QED) is 0.460. The van der Waals surface area contributed by atoms with Crippen molar-refractivity contribution in [3.8, 4) is 5.75 Å². The minimum absolute atomic E-state index is 0.0831. The van der Waals surface area contributed by atoms with Crippen molar-refractivity contribution in [3.05, 3.63) is 40.3 Å². The molecule has 1 fully saturated rings. The summed E-state index contributed by atoms with van der Waals surface area (Å²) in [6, 6.07) is 7.70. The molecule has 6 heteroatoms. The molecule has 1 aromatic rings. The minimum atomic E-state index is -0.675. The lowest BCUT2D eigenvalue weighted by molar-refractivity contribution is -0.313. The Morgan fingerprint density at radius 2 is 1.87 bits per heavy atom. The molecule has 0 bridgehead atoms. The van der Waals surface area contributed by atoms with Gasteiger partial charge in [-0.3, -0.25) is 4.84 Å². The van der Waals surface area contributed by atoms with E-state index in [1.165, 1.54) is 6.42 Å². The predicted octanol–water partition coefficient (Wildman–Crippen LogP) is 4.73. The van der Waals surface area contributed by atoms with E-state index in [0.29, 0.717) is 0 Å². The zero-order valence-corrected chi connectivity index (χ0v) is 14.2. The van der Waals surface area contributed by atoms with Crippen LogP contribution in [0.1, 0.15) is 58.6 Å². The van der Waals surface area contributed by atoms with Gasteiger partial charge in [-0.2, -0.15) is 5.06 Å². The van der Waals surface area contributed by atoms with Gasteiger partial charge in [-0.15, -0.1) is 0 Å². The molecule has 0 aliphatic carbocycles. The molecule has 2 atom stereocenters. The Balaban J connectivity index is 1.94. The number of nitrogens with zero attached hydrogens (tertiary/aromatic N) is 4. The number of ether oxygens (including phenoxy) is 1. The first kappa shape index (κ1) is 16.1. The molecule has 0 aromatic heterocycles. The number of hydroxylamine groups is 2. The van der Waals surface area contributed by atoms with Crippen molar-refractivity contribution in [2.75, 3.05) is 0 Å². The summed E-state index contributed by atoms with van der Waals surface area (Å²) in [7, 11) is 0. The third-order valence-electron chi connectivity index (χ3n) is 4.79. The molecule has 0 amide bonds. The van der Waals surface area contributed by atoms with Crippen LogP contribution in [0.4, 0.5) is 0 Å². The Bertz CT molecular complexity index is 621. The first-order valence-corrected chi connectivity index (χ1v) is 8.12. The number of benzene rings is 1. The molecule has 0 unspecified atom stereocenters. The van der Waals surface area contributed by atoms with Crippen molar-refractivity contribution in [1.82, 2.24) is 5.06 Å². The molecule has 6 nitrogen and oxygen atoms in total. The molecule has 2 heterocycles. The van der Waals surface area contributed by atoms with Gasteiger partial charge in [0.25, 0.3) is 0 Å². The van der Waals surface area contributed by atoms with Crippen molar-refractivity contribution in [1.29, 1.82) is 0 Å². The summed E-state index contributed by atoms with van der Waals surface area (Å²) in [5.74, 6) is 0.725. The van der Waals surface area contributed by atoms with Crippen LogP contribution in [0.2, 0.25) is 0 Å². The zero-order chi connectivity index (χ0) is 16.7. The van der Waals surface area contributed by atoms with Crippen LogP contribution in [0.15, 0.2) is 29.4 Å². The van der Waals surface area contributed by atoms with Gasteiger partial charge in [0.05, 0.1) is 0 Å². The monoisotopic (exact) mass is 316 g/mol. The maximum atomic E-state index is 8.84. The van der Waals surface area contributed by atoms with Gasteiger partial charge in [-0.05, 0) is 63.7 Å². The van der Waals surface area contributed by atoms with Crippen molar-refractivity contribution in [3.63, 3.8) is 0 Å². The van der Waals surface area contributed by atoms with Crippen LogP contribution in [0.5, 0.6) is 5.75 Å². The van der Waals surface area contributed by atoms with E-state index in [1.54, 1.807) is 0 Å². The highest BCUT2D eigenvalue weighted by molar-refractivity contribution is 5.39. The molecule has 23 heavy (non-hydrogen) atoms. The number of hydrogen-bond donors (Lipinski definition) is 0. The standard InChI is InChI=1S/C17H24N4O2/c1-16(2)10-7-11-17(3,4)21(16)23-14-12-8-5-6-9-13(12)22-15(14)19-20-18/h5-6,8-9,14-15H,7,10-11H2,1-4H3/t14-,15-/m0/s1. The van der Waals surface area contributed by atoms with Crippen molar-refractivity contribution < 1.29 is 9.57 Å². The van der Waals surface area contributed by atoms with Gasteiger partial charge in [-0.1, -0.05) is 18.2 Å². The molecule has 0 N–H and O–H groups in total. The highest BCUT2D eigenvalue weighted by atomic mass is 16.7. The summed E-state index contributed by atoms with van der Waals surface area (Å²) in [5.41, 5.74) is 9.61. The van der Waals surface area contributed by atoms with E-state index in [-0.39, 0.29) is 11.1 Å². The molecule has 0 saturated carbocycles. The van der Waals surface area contributed by atoms with Crippen molar-refractivity contribution in [2.24, 2.45) is 5.11 Å². The van der Waals surface area contributed by atoms with Gasteiger partial charge in [0.2, 0.25) is 6.23 Å². The molecule has 2 aliphatic heterocycles. The SMILES string of the molecule is CC1(C)CCCC(C)(C)N1O[C@H]1c2ccccc2O[C@@H]1N=[N+]=[N-]. The minimum Gasteiger partial charge on any atom is -0.481 e. The van der Waals surface area contributed by atoms with Crippen LogP contribution < -0.4 is 4.74 Å². The Kier molecular flexibility index (Phi) is 4.00. The fraction of sp³-hybridized carbons (Fsp3) is 0.647. The lowest BCUT2D eigenvalue weighted by Gasteiger charge is -2.52. The Labute approximate surface area is 137 Å². The van der Waals surface area contributed by atoms with Crippen LogP contribution in [-0.2, 0) is 4.84 Å². The Morgan fingerprint density at radius 3 is 2.52 bits per heavy atom. The van der Waals surface area contributed by atoms with E-state index in [2.05, 4.69) is 42.8 Å². The molecule has 2 aliphatic rings. The number of rotatable bonds is 3. The summed E-state index contributed by atoms with van der Waals surface area (Å²) in [6.07, 6.45) is 2.22. The fourth-order valence-corrected chi connectivity index (χ4v) is 3.79. The second-order valence-electron chi connectivity index (χ2n) is 7.55. The second-order valence-corrected chi connectivity index (χ2v) is 7.55. The maximum absolute atomic E-state index is 8.84. The third kappa shape index (κ3) is 2.90. The third-order valence-corrected chi connectivity index (χ3v) is 4.79. The highest BCUT2D eigenvalue weighted by Gasteiger charge is 2.46. The van der Waals surface area contributed by atoms with Gasteiger partial charge in [0, 0.05) is 21.6 Å². The fourth-order valence-electron chi connectivity index (χ4n) is 3.79. The van der Waals surface area contributed by atoms with E-state index >= 15 is 0 Å². The van der Waals surface area contributed by atoms with Crippen LogP contribution in [0.25, 0.3) is 10.4 Å². The van der Waals surface area contributed by atoms with Crippen LogP contribution >= 0.6 is 0 Å². The molecule has 3 rings (SSSR count). The number of azide groups is 1. The van der Waals surface area contributed by atoms with Gasteiger partial charge in [-0.25, -0.2) is 0 Å². The first-order chi connectivity index (χ1) is 10.8. The summed E-state index contributed by atoms with van der Waals surface area (Å²) < 4.78 is 5.77. The van der Waals surface area contributed by atoms with Crippen LogP contribution in [-0.4, -0.2) is 22.4 Å². The molecular formula is C17H24N4O2. The van der Waals surface area contributed by atoms with E-state index in [4.69, 9.17) is 15.1 Å². The zero-order valence-electron chi connectivity index (χ0n) is 14.2. The number of piperidine rings is 1. The maximum Gasteiger partial charge on any atom is 0.209 e. The predicted molar refractivity (Wildman–Crippen MR) is 87.7 cm³/mol. The van der Waals surface area contributed by atoms with Gasteiger partial charge < -0.3 is 4.74 Å².